The van der Waals surface area contributed by atoms with Crippen molar-refractivity contribution < 1.29 is 9.53 Å². The minimum atomic E-state index is 0.0679. The first-order valence-electron chi connectivity index (χ1n) is 8.42. The zero-order valence-corrected chi connectivity index (χ0v) is 15.2. The molecule has 0 aliphatic carbocycles. The predicted octanol–water partition coefficient (Wildman–Crippen LogP) is 4.07. The average molecular weight is 318 g/mol. The van der Waals surface area contributed by atoms with E-state index >= 15 is 0 Å². The van der Waals surface area contributed by atoms with Crippen molar-refractivity contribution in [3.63, 3.8) is 0 Å². The van der Waals surface area contributed by atoms with Crippen LogP contribution in [0.1, 0.15) is 65.9 Å². The van der Waals surface area contributed by atoms with Gasteiger partial charge >= 0.3 is 0 Å². The molecular weight excluding hydrogens is 288 g/mol. The minimum absolute atomic E-state index is 0.0679. The average Bonchev–Trinajstić information content (AvgIpc) is 2.36. The molecule has 4 nitrogen and oxygen atoms in total. The molecular formula is C19H30N2O2. The topological polar surface area (TPSA) is 50.4 Å². The summed E-state index contributed by atoms with van der Waals surface area (Å²) in [6.45, 7) is 13.0. The van der Waals surface area contributed by atoms with Crippen LogP contribution in [0.4, 0.5) is 5.69 Å². The molecule has 1 aliphatic rings. The van der Waals surface area contributed by atoms with Crippen molar-refractivity contribution in [2.24, 2.45) is 0 Å². The molecule has 1 heterocycles. The second-order valence-corrected chi connectivity index (χ2v) is 8.18. The first-order valence-corrected chi connectivity index (χ1v) is 8.42. The Morgan fingerprint density at radius 3 is 2.35 bits per heavy atom. The maximum atomic E-state index is 10.8. The number of nitrogens with one attached hydrogen (secondary N) is 2. The van der Waals surface area contributed by atoms with E-state index in [0.717, 1.165) is 24.3 Å². The predicted molar refractivity (Wildman–Crippen MR) is 95.2 cm³/mol. The third kappa shape index (κ3) is 4.71. The summed E-state index contributed by atoms with van der Waals surface area (Å²) in [5.74, 6) is 1.22. The van der Waals surface area contributed by atoms with Crippen LogP contribution in [0, 0.1) is 0 Å². The lowest BCUT2D eigenvalue weighted by Crippen LogP contribution is -2.57. The third-order valence-electron chi connectivity index (χ3n) is 4.24. The van der Waals surface area contributed by atoms with Gasteiger partial charge in [-0.25, -0.2) is 0 Å². The Balaban J connectivity index is 2.33. The summed E-state index contributed by atoms with van der Waals surface area (Å²) >= 11 is 0. The van der Waals surface area contributed by atoms with Crippen molar-refractivity contribution >= 4 is 12.1 Å². The fourth-order valence-electron chi connectivity index (χ4n) is 3.89. The molecule has 2 N–H and O–H groups in total. The monoisotopic (exact) mass is 318 g/mol. The van der Waals surface area contributed by atoms with Crippen molar-refractivity contribution in [2.45, 2.75) is 77.5 Å². The second kappa shape index (κ2) is 6.52. The summed E-state index contributed by atoms with van der Waals surface area (Å²) in [5.41, 5.74) is 2.21. The number of carbonyl (C=O) groups excluding carboxylic acids is 1. The lowest BCUT2D eigenvalue weighted by molar-refractivity contribution is -0.105. The van der Waals surface area contributed by atoms with Crippen molar-refractivity contribution in [1.82, 2.24) is 5.32 Å². The molecule has 1 amide bonds. The number of hydrogen-bond acceptors (Lipinski definition) is 3. The largest absolute Gasteiger partial charge is 0.489 e. The van der Waals surface area contributed by atoms with Gasteiger partial charge < -0.3 is 15.4 Å². The Bertz CT molecular complexity index is 548. The zero-order chi connectivity index (χ0) is 17.3. The number of carbonyl (C=O) groups is 1. The number of hydrogen-bond donors (Lipinski definition) is 2. The van der Waals surface area contributed by atoms with Crippen LogP contribution in [0.3, 0.4) is 0 Å². The van der Waals surface area contributed by atoms with Gasteiger partial charge in [0, 0.05) is 11.1 Å². The molecule has 1 aromatic rings. The SMILES string of the molecule is CC(C)Oc1cc(C2CC(C)(C)NC(C)(C)C2)ccc1NC=O. The standard InChI is InChI=1S/C19H30N2O2/c1-13(2)23-17-9-14(7-8-16(17)20-12-22)15-10-18(3,4)21-19(5,6)11-15/h7-9,12-13,15,21H,10-11H2,1-6H3,(H,20,22). The molecule has 0 spiro atoms. The van der Waals surface area contributed by atoms with Gasteiger partial charge in [0.15, 0.2) is 0 Å². The maximum Gasteiger partial charge on any atom is 0.211 e. The fourth-order valence-corrected chi connectivity index (χ4v) is 3.89. The highest BCUT2D eigenvalue weighted by Gasteiger charge is 2.38. The molecule has 0 unspecified atom stereocenters. The van der Waals surface area contributed by atoms with Crippen molar-refractivity contribution in [3.05, 3.63) is 23.8 Å². The fraction of sp³-hybridized carbons (Fsp3) is 0.632. The van der Waals surface area contributed by atoms with Crippen LogP contribution in [-0.4, -0.2) is 23.6 Å². The molecule has 2 rings (SSSR count). The molecule has 128 valence electrons. The molecule has 1 aliphatic heterocycles. The molecule has 23 heavy (non-hydrogen) atoms. The van der Waals surface area contributed by atoms with Gasteiger partial charge in [-0.3, -0.25) is 4.79 Å². The highest BCUT2D eigenvalue weighted by atomic mass is 16.5. The molecule has 0 saturated carbocycles. The molecule has 0 atom stereocenters. The summed E-state index contributed by atoms with van der Waals surface area (Å²) in [4.78, 5) is 10.8. The van der Waals surface area contributed by atoms with E-state index in [1.807, 2.05) is 19.9 Å². The van der Waals surface area contributed by atoms with Crippen LogP contribution in [0.15, 0.2) is 18.2 Å². The van der Waals surface area contributed by atoms with E-state index in [2.05, 4.69) is 50.5 Å². The first kappa shape index (κ1) is 17.8. The van der Waals surface area contributed by atoms with E-state index in [1.54, 1.807) is 0 Å². The van der Waals surface area contributed by atoms with Gasteiger partial charge in [0.1, 0.15) is 5.75 Å². The molecule has 0 aromatic heterocycles. The van der Waals surface area contributed by atoms with Crippen molar-refractivity contribution in [2.75, 3.05) is 5.32 Å². The summed E-state index contributed by atoms with van der Waals surface area (Å²) in [7, 11) is 0. The Kier molecular flexibility index (Phi) is 5.04. The lowest BCUT2D eigenvalue weighted by atomic mass is 9.73. The Morgan fingerprint density at radius 2 is 1.83 bits per heavy atom. The second-order valence-electron chi connectivity index (χ2n) is 8.18. The van der Waals surface area contributed by atoms with Gasteiger partial charge in [-0.2, -0.15) is 0 Å². The normalized spacial score (nSPS) is 20.3. The summed E-state index contributed by atoms with van der Waals surface area (Å²) in [6, 6.07) is 6.15. The molecule has 1 fully saturated rings. The minimum Gasteiger partial charge on any atom is -0.489 e. The Hall–Kier alpha value is -1.55. The van der Waals surface area contributed by atoms with Crippen molar-refractivity contribution in [1.29, 1.82) is 0 Å². The molecule has 1 saturated heterocycles. The number of amides is 1. The quantitative estimate of drug-likeness (QED) is 0.805. The molecule has 0 bridgehead atoms. The molecule has 0 radical (unpaired) electrons. The lowest BCUT2D eigenvalue weighted by Gasteiger charge is -2.46. The Morgan fingerprint density at radius 1 is 1.22 bits per heavy atom. The number of anilines is 1. The highest BCUT2D eigenvalue weighted by molar-refractivity contribution is 5.75. The highest BCUT2D eigenvalue weighted by Crippen LogP contribution is 2.41. The van der Waals surface area contributed by atoms with Crippen LogP contribution in [0.25, 0.3) is 0 Å². The van der Waals surface area contributed by atoms with Gasteiger partial charge in [-0.1, -0.05) is 6.07 Å². The van der Waals surface area contributed by atoms with Gasteiger partial charge in [0.2, 0.25) is 6.41 Å². The summed E-state index contributed by atoms with van der Waals surface area (Å²) < 4.78 is 5.90. The van der Waals surface area contributed by atoms with Crippen LogP contribution in [0.5, 0.6) is 5.75 Å². The first-order chi connectivity index (χ1) is 10.6. The van der Waals surface area contributed by atoms with E-state index in [1.165, 1.54) is 5.56 Å². The van der Waals surface area contributed by atoms with Crippen LogP contribution < -0.4 is 15.4 Å². The van der Waals surface area contributed by atoms with Crippen LogP contribution >= 0.6 is 0 Å². The zero-order valence-electron chi connectivity index (χ0n) is 15.2. The van der Waals surface area contributed by atoms with E-state index in [0.29, 0.717) is 12.3 Å². The smallest absolute Gasteiger partial charge is 0.211 e. The van der Waals surface area contributed by atoms with Gasteiger partial charge in [0.05, 0.1) is 11.8 Å². The maximum absolute atomic E-state index is 10.8. The number of piperidine rings is 1. The number of benzene rings is 1. The van der Waals surface area contributed by atoms with E-state index < -0.39 is 0 Å². The van der Waals surface area contributed by atoms with Crippen LogP contribution in [0.2, 0.25) is 0 Å². The van der Waals surface area contributed by atoms with Gasteiger partial charge in [0.25, 0.3) is 0 Å². The Labute approximate surface area is 140 Å². The molecule has 4 heteroatoms. The summed E-state index contributed by atoms with van der Waals surface area (Å²) in [6.07, 6.45) is 2.92. The van der Waals surface area contributed by atoms with Gasteiger partial charge in [-0.05, 0) is 78.0 Å². The number of ether oxygens (including phenoxy) is 1. The summed E-state index contributed by atoms with van der Waals surface area (Å²) in [5, 5.41) is 6.45. The number of rotatable bonds is 5. The van der Waals surface area contributed by atoms with Crippen LogP contribution in [-0.2, 0) is 4.79 Å². The van der Waals surface area contributed by atoms with E-state index in [-0.39, 0.29) is 17.2 Å². The van der Waals surface area contributed by atoms with Crippen molar-refractivity contribution in [3.8, 4) is 5.75 Å². The molecule has 1 aromatic carbocycles. The van der Waals surface area contributed by atoms with E-state index in [9.17, 15) is 4.79 Å². The van der Waals surface area contributed by atoms with Gasteiger partial charge in [-0.15, -0.1) is 0 Å². The van der Waals surface area contributed by atoms with E-state index in [4.69, 9.17) is 4.74 Å². The third-order valence-corrected chi connectivity index (χ3v) is 4.24.